The van der Waals surface area contributed by atoms with Gasteiger partial charge in [0.15, 0.2) is 0 Å². The van der Waals surface area contributed by atoms with Crippen LogP contribution in [0, 0.1) is 0 Å². The summed E-state index contributed by atoms with van der Waals surface area (Å²) in [6.07, 6.45) is 5.08. The van der Waals surface area contributed by atoms with Crippen LogP contribution in [0.15, 0.2) is 0 Å². The molecule has 0 radical (unpaired) electrons. The minimum absolute atomic E-state index is 0.0918. The van der Waals surface area contributed by atoms with Gasteiger partial charge in [-0.1, -0.05) is 26.2 Å². The highest BCUT2D eigenvalue weighted by Crippen LogP contribution is 1.99. The molecule has 0 spiro atoms. The van der Waals surface area contributed by atoms with Crippen LogP contribution in [0.25, 0.3) is 0 Å². The van der Waals surface area contributed by atoms with Gasteiger partial charge in [0.25, 0.3) is 0 Å². The third-order valence-corrected chi connectivity index (χ3v) is 1.84. The monoisotopic (exact) mass is 187 g/mol. The fourth-order valence-corrected chi connectivity index (χ4v) is 1.01. The first-order valence-electron chi connectivity index (χ1n) is 5.11. The summed E-state index contributed by atoms with van der Waals surface area (Å²) in [6, 6.07) is 0. The molecule has 0 atom stereocenters. The summed E-state index contributed by atoms with van der Waals surface area (Å²) in [6.45, 7) is 3.45. The van der Waals surface area contributed by atoms with E-state index in [0.717, 1.165) is 12.8 Å². The maximum Gasteiger partial charge on any atom is 0.307 e. The number of carbonyl (C=O) groups excluding carboxylic acids is 1. The van der Waals surface area contributed by atoms with Crippen molar-refractivity contribution in [3.8, 4) is 0 Å². The summed E-state index contributed by atoms with van der Waals surface area (Å²) in [7, 11) is 1.83. The Hall–Kier alpha value is -0.570. The quantitative estimate of drug-likeness (QED) is 0.464. The van der Waals surface area contributed by atoms with Gasteiger partial charge in [-0.15, -0.1) is 0 Å². The number of hydrogen-bond acceptors (Lipinski definition) is 3. The largest absolute Gasteiger partial charge is 0.466 e. The van der Waals surface area contributed by atoms with Crippen molar-refractivity contribution in [1.29, 1.82) is 0 Å². The average molecular weight is 187 g/mol. The van der Waals surface area contributed by atoms with E-state index in [9.17, 15) is 4.79 Å². The first-order valence-corrected chi connectivity index (χ1v) is 5.11. The predicted molar refractivity (Wildman–Crippen MR) is 53.6 cm³/mol. The van der Waals surface area contributed by atoms with Crippen LogP contribution < -0.4 is 5.32 Å². The molecule has 0 aromatic carbocycles. The van der Waals surface area contributed by atoms with E-state index in [1.807, 2.05) is 7.05 Å². The zero-order valence-electron chi connectivity index (χ0n) is 8.77. The molecular formula is C10H21NO2. The Bertz CT molecular complexity index is 126. The molecule has 0 unspecified atom stereocenters. The maximum absolute atomic E-state index is 11.0. The lowest BCUT2D eigenvalue weighted by atomic mass is 10.2. The summed E-state index contributed by atoms with van der Waals surface area (Å²) in [5.74, 6) is -0.0918. The van der Waals surface area contributed by atoms with Crippen molar-refractivity contribution >= 4 is 5.97 Å². The zero-order valence-corrected chi connectivity index (χ0v) is 8.77. The summed E-state index contributed by atoms with van der Waals surface area (Å²) in [4.78, 5) is 11.0. The molecule has 0 aliphatic heterocycles. The van der Waals surface area contributed by atoms with Crippen molar-refractivity contribution in [3.05, 3.63) is 0 Å². The van der Waals surface area contributed by atoms with Gasteiger partial charge in [0.1, 0.15) is 0 Å². The second kappa shape index (κ2) is 9.52. The Balaban J connectivity index is 3.08. The third-order valence-electron chi connectivity index (χ3n) is 1.84. The van der Waals surface area contributed by atoms with Crippen molar-refractivity contribution in [2.24, 2.45) is 0 Å². The molecule has 3 nitrogen and oxygen atoms in total. The van der Waals surface area contributed by atoms with Crippen LogP contribution in [0.2, 0.25) is 0 Å². The van der Waals surface area contributed by atoms with Crippen molar-refractivity contribution in [3.63, 3.8) is 0 Å². The van der Waals surface area contributed by atoms with E-state index < -0.39 is 0 Å². The van der Waals surface area contributed by atoms with Crippen LogP contribution >= 0.6 is 0 Å². The van der Waals surface area contributed by atoms with E-state index in [0.29, 0.717) is 19.6 Å². The number of ether oxygens (including phenoxy) is 1. The van der Waals surface area contributed by atoms with Gasteiger partial charge in [-0.2, -0.15) is 0 Å². The Morgan fingerprint density at radius 2 is 2.08 bits per heavy atom. The molecule has 1 N–H and O–H groups in total. The lowest BCUT2D eigenvalue weighted by Gasteiger charge is -2.03. The van der Waals surface area contributed by atoms with Gasteiger partial charge in [0, 0.05) is 6.54 Å². The van der Waals surface area contributed by atoms with Gasteiger partial charge in [-0.25, -0.2) is 0 Å². The third kappa shape index (κ3) is 9.34. The molecule has 0 aliphatic rings. The van der Waals surface area contributed by atoms with Crippen LogP contribution in [0.1, 0.15) is 39.0 Å². The molecule has 0 aliphatic carbocycles. The molecule has 0 aromatic heterocycles. The highest BCUT2D eigenvalue weighted by Gasteiger charge is 2.00. The molecular weight excluding hydrogens is 166 g/mol. The molecule has 0 fully saturated rings. The lowest BCUT2D eigenvalue weighted by Crippen LogP contribution is -2.15. The van der Waals surface area contributed by atoms with Crippen molar-refractivity contribution in [2.75, 3.05) is 20.2 Å². The van der Waals surface area contributed by atoms with Gasteiger partial charge < -0.3 is 10.1 Å². The van der Waals surface area contributed by atoms with E-state index in [4.69, 9.17) is 4.74 Å². The lowest BCUT2D eigenvalue weighted by molar-refractivity contribution is -0.143. The Labute approximate surface area is 80.8 Å². The van der Waals surface area contributed by atoms with Gasteiger partial charge in [0.05, 0.1) is 13.0 Å². The minimum Gasteiger partial charge on any atom is -0.466 e. The Morgan fingerprint density at radius 1 is 1.31 bits per heavy atom. The van der Waals surface area contributed by atoms with Crippen molar-refractivity contribution < 1.29 is 9.53 Å². The number of unbranched alkanes of at least 4 members (excludes halogenated alkanes) is 3. The molecule has 0 rings (SSSR count). The molecule has 0 bridgehead atoms. The second-order valence-corrected chi connectivity index (χ2v) is 3.13. The molecule has 13 heavy (non-hydrogen) atoms. The number of esters is 1. The van der Waals surface area contributed by atoms with Gasteiger partial charge in [0.2, 0.25) is 0 Å². The van der Waals surface area contributed by atoms with E-state index in [-0.39, 0.29) is 5.97 Å². The van der Waals surface area contributed by atoms with Crippen LogP contribution in [0.3, 0.4) is 0 Å². The molecule has 78 valence electrons. The highest BCUT2D eigenvalue weighted by atomic mass is 16.5. The first-order chi connectivity index (χ1) is 6.31. The Morgan fingerprint density at radius 3 is 2.69 bits per heavy atom. The number of rotatable bonds is 8. The molecule has 0 heterocycles. The van der Waals surface area contributed by atoms with Crippen LogP contribution in [0.5, 0.6) is 0 Å². The number of carbonyl (C=O) groups is 1. The molecule has 0 amide bonds. The molecule has 0 saturated heterocycles. The minimum atomic E-state index is -0.0918. The van der Waals surface area contributed by atoms with Crippen molar-refractivity contribution in [2.45, 2.75) is 39.0 Å². The van der Waals surface area contributed by atoms with Crippen LogP contribution in [0.4, 0.5) is 0 Å². The molecule has 3 heteroatoms. The van der Waals surface area contributed by atoms with Crippen molar-refractivity contribution in [1.82, 2.24) is 5.32 Å². The Kier molecular flexibility index (Phi) is 9.10. The smallest absolute Gasteiger partial charge is 0.307 e. The summed E-state index contributed by atoms with van der Waals surface area (Å²) in [5, 5.41) is 2.91. The SMILES string of the molecule is CCCCCCOC(=O)CCNC. The van der Waals surface area contributed by atoms with Crippen LogP contribution in [-0.2, 0) is 9.53 Å². The second-order valence-electron chi connectivity index (χ2n) is 3.13. The van der Waals surface area contributed by atoms with E-state index in [2.05, 4.69) is 12.2 Å². The highest BCUT2D eigenvalue weighted by molar-refractivity contribution is 5.69. The summed E-state index contributed by atoms with van der Waals surface area (Å²) < 4.78 is 5.01. The average Bonchev–Trinajstić information content (AvgIpc) is 2.14. The zero-order chi connectivity index (χ0) is 9.94. The fraction of sp³-hybridized carbons (Fsp3) is 0.900. The molecule has 0 aromatic rings. The predicted octanol–water partition coefficient (Wildman–Crippen LogP) is 1.72. The van der Waals surface area contributed by atoms with Gasteiger partial charge in [-0.3, -0.25) is 4.79 Å². The fourth-order valence-electron chi connectivity index (χ4n) is 1.01. The van der Waals surface area contributed by atoms with E-state index in [1.54, 1.807) is 0 Å². The van der Waals surface area contributed by atoms with Gasteiger partial charge >= 0.3 is 5.97 Å². The maximum atomic E-state index is 11.0. The van der Waals surface area contributed by atoms with Gasteiger partial charge in [-0.05, 0) is 13.5 Å². The normalized spacial score (nSPS) is 10.0. The number of nitrogens with one attached hydrogen (secondary N) is 1. The van der Waals surface area contributed by atoms with Crippen LogP contribution in [-0.4, -0.2) is 26.2 Å². The van der Waals surface area contributed by atoms with E-state index in [1.165, 1.54) is 12.8 Å². The summed E-state index contributed by atoms with van der Waals surface area (Å²) >= 11 is 0. The summed E-state index contributed by atoms with van der Waals surface area (Å²) in [5.41, 5.74) is 0. The topological polar surface area (TPSA) is 38.3 Å². The number of hydrogen-bond donors (Lipinski definition) is 1. The first kappa shape index (κ1) is 12.4. The standard InChI is InChI=1S/C10H21NO2/c1-3-4-5-6-9-13-10(12)7-8-11-2/h11H,3-9H2,1-2H3. The van der Waals surface area contributed by atoms with E-state index >= 15 is 0 Å². The molecule has 0 saturated carbocycles.